The first-order valence-electron chi connectivity index (χ1n) is 9.38. The molecule has 3 nitrogen and oxygen atoms in total. The maximum absolute atomic E-state index is 13.3. The van der Waals surface area contributed by atoms with Crippen molar-refractivity contribution in [2.45, 2.75) is 33.2 Å². The van der Waals surface area contributed by atoms with Crippen LogP contribution in [0.1, 0.15) is 54.0 Å². The van der Waals surface area contributed by atoms with Crippen LogP contribution in [0.5, 0.6) is 0 Å². The van der Waals surface area contributed by atoms with E-state index in [1.807, 2.05) is 30.3 Å². The summed E-state index contributed by atoms with van der Waals surface area (Å²) in [4.78, 5) is 17.7. The van der Waals surface area contributed by atoms with Crippen molar-refractivity contribution in [1.82, 2.24) is 10.3 Å². The SMILES string of the molecule is CC(C)(C)[C@H](NC(=O)c1ccc2cccc3c2c1C=CC3)c1ccccn1. The van der Waals surface area contributed by atoms with Crippen LogP contribution in [0.25, 0.3) is 16.8 Å². The van der Waals surface area contributed by atoms with Crippen LogP contribution in [0.15, 0.2) is 60.8 Å². The summed E-state index contributed by atoms with van der Waals surface area (Å²) in [7, 11) is 0. The summed E-state index contributed by atoms with van der Waals surface area (Å²) >= 11 is 0. The second-order valence-electron chi connectivity index (χ2n) is 8.18. The number of nitrogens with zero attached hydrogens (tertiary/aromatic N) is 1. The first-order valence-corrected chi connectivity index (χ1v) is 9.38. The van der Waals surface area contributed by atoms with Gasteiger partial charge in [-0.15, -0.1) is 0 Å². The van der Waals surface area contributed by atoms with E-state index in [2.05, 4.69) is 61.4 Å². The minimum Gasteiger partial charge on any atom is -0.343 e. The molecule has 0 bridgehead atoms. The van der Waals surface area contributed by atoms with Gasteiger partial charge in [0, 0.05) is 11.8 Å². The molecule has 0 radical (unpaired) electrons. The van der Waals surface area contributed by atoms with Crippen molar-refractivity contribution < 1.29 is 4.79 Å². The van der Waals surface area contributed by atoms with Crippen molar-refractivity contribution in [3.63, 3.8) is 0 Å². The molecule has 0 saturated heterocycles. The molecule has 0 aliphatic heterocycles. The summed E-state index contributed by atoms with van der Waals surface area (Å²) in [5.41, 5.74) is 3.73. The van der Waals surface area contributed by atoms with Gasteiger partial charge in [0.15, 0.2) is 0 Å². The first kappa shape index (κ1) is 17.5. The second kappa shape index (κ2) is 6.66. The van der Waals surface area contributed by atoms with E-state index in [0.29, 0.717) is 0 Å². The Bertz CT molecular complexity index is 1030. The van der Waals surface area contributed by atoms with Gasteiger partial charge in [0.1, 0.15) is 0 Å². The Morgan fingerprint density at radius 2 is 1.93 bits per heavy atom. The van der Waals surface area contributed by atoms with Gasteiger partial charge in [-0.05, 0) is 51.9 Å². The minimum atomic E-state index is -0.170. The third kappa shape index (κ3) is 3.25. The normalized spacial score (nSPS) is 14.2. The smallest absolute Gasteiger partial charge is 0.252 e. The van der Waals surface area contributed by atoms with Crippen LogP contribution in [0.2, 0.25) is 0 Å². The molecule has 3 aromatic rings. The number of hydrogen-bond donors (Lipinski definition) is 1. The zero-order valence-electron chi connectivity index (χ0n) is 16.0. The van der Waals surface area contributed by atoms with Gasteiger partial charge >= 0.3 is 0 Å². The average molecular weight is 356 g/mol. The molecular weight excluding hydrogens is 332 g/mol. The summed E-state index contributed by atoms with van der Waals surface area (Å²) in [5, 5.41) is 5.61. The largest absolute Gasteiger partial charge is 0.343 e. The van der Waals surface area contributed by atoms with Crippen molar-refractivity contribution in [3.8, 4) is 0 Å². The van der Waals surface area contributed by atoms with Crippen LogP contribution in [0, 0.1) is 5.41 Å². The van der Waals surface area contributed by atoms with E-state index in [-0.39, 0.29) is 17.4 Å². The van der Waals surface area contributed by atoms with Gasteiger partial charge in [0.05, 0.1) is 11.7 Å². The molecule has 27 heavy (non-hydrogen) atoms. The van der Waals surface area contributed by atoms with Gasteiger partial charge in [-0.3, -0.25) is 9.78 Å². The molecule has 2 aromatic carbocycles. The Balaban J connectivity index is 1.75. The Kier molecular flexibility index (Phi) is 4.31. The van der Waals surface area contributed by atoms with Gasteiger partial charge in [0.25, 0.3) is 5.91 Å². The highest BCUT2D eigenvalue weighted by Crippen LogP contribution is 2.34. The second-order valence-corrected chi connectivity index (χ2v) is 8.18. The predicted octanol–water partition coefficient (Wildman–Crippen LogP) is 5.32. The zero-order chi connectivity index (χ0) is 19.0. The number of hydrogen-bond acceptors (Lipinski definition) is 2. The maximum atomic E-state index is 13.3. The standard InChI is InChI=1S/C24H24N2O/c1-24(2,3)22(20-12-4-5-15-25-20)26-23(27)19-14-13-17-9-6-8-16-10-7-11-18(19)21(16)17/h4-9,11-15,22H,10H2,1-3H3,(H,26,27)/t22-/m1/s1. The molecule has 0 spiro atoms. The highest BCUT2D eigenvalue weighted by molar-refractivity contribution is 6.06. The van der Waals surface area contributed by atoms with Gasteiger partial charge in [-0.1, -0.05) is 63.3 Å². The van der Waals surface area contributed by atoms with Crippen LogP contribution in [-0.2, 0) is 6.42 Å². The van der Waals surface area contributed by atoms with Crippen LogP contribution in [0.4, 0.5) is 0 Å². The molecule has 1 aliphatic carbocycles. The topological polar surface area (TPSA) is 42.0 Å². The van der Waals surface area contributed by atoms with E-state index in [1.165, 1.54) is 16.3 Å². The van der Waals surface area contributed by atoms with Crippen LogP contribution >= 0.6 is 0 Å². The number of allylic oxidation sites excluding steroid dienone is 1. The molecule has 1 aliphatic rings. The Labute approximate surface area is 160 Å². The van der Waals surface area contributed by atoms with Crippen molar-refractivity contribution in [3.05, 3.63) is 83.2 Å². The van der Waals surface area contributed by atoms with E-state index in [0.717, 1.165) is 23.2 Å². The number of aromatic nitrogens is 1. The number of amides is 1. The Morgan fingerprint density at radius 3 is 2.67 bits per heavy atom. The van der Waals surface area contributed by atoms with Gasteiger partial charge < -0.3 is 5.32 Å². The molecule has 3 heteroatoms. The summed E-state index contributed by atoms with van der Waals surface area (Å²) in [5.74, 6) is -0.0566. The fourth-order valence-corrected chi connectivity index (χ4v) is 3.82. The monoisotopic (exact) mass is 356 g/mol. The number of carbonyl (C=O) groups is 1. The number of carbonyl (C=O) groups excluding carboxylic acids is 1. The molecular formula is C24H24N2O. The van der Waals surface area contributed by atoms with Crippen LogP contribution < -0.4 is 5.32 Å². The van der Waals surface area contributed by atoms with Crippen molar-refractivity contribution in [2.75, 3.05) is 0 Å². The molecule has 136 valence electrons. The predicted molar refractivity (Wildman–Crippen MR) is 111 cm³/mol. The minimum absolute atomic E-state index is 0.0566. The third-order valence-electron chi connectivity index (χ3n) is 5.16. The molecule has 1 N–H and O–H groups in total. The number of nitrogens with one attached hydrogen (secondary N) is 1. The van der Waals surface area contributed by atoms with Gasteiger partial charge in [-0.2, -0.15) is 0 Å². The fourth-order valence-electron chi connectivity index (χ4n) is 3.82. The van der Waals surface area contributed by atoms with Gasteiger partial charge in [0.2, 0.25) is 0 Å². The lowest BCUT2D eigenvalue weighted by Gasteiger charge is -2.31. The molecule has 1 heterocycles. The van der Waals surface area contributed by atoms with Gasteiger partial charge in [-0.25, -0.2) is 0 Å². The zero-order valence-corrected chi connectivity index (χ0v) is 16.0. The fraction of sp³-hybridized carbons (Fsp3) is 0.250. The Morgan fingerprint density at radius 1 is 1.07 bits per heavy atom. The van der Waals surface area contributed by atoms with E-state index in [9.17, 15) is 4.79 Å². The van der Waals surface area contributed by atoms with Crippen LogP contribution in [0.3, 0.4) is 0 Å². The van der Waals surface area contributed by atoms with E-state index < -0.39 is 0 Å². The van der Waals surface area contributed by atoms with Crippen molar-refractivity contribution >= 4 is 22.8 Å². The first-order chi connectivity index (χ1) is 12.9. The lowest BCUT2D eigenvalue weighted by atomic mass is 9.84. The summed E-state index contributed by atoms with van der Waals surface area (Å²) in [6.45, 7) is 6.36. The maximum Gasteiger partial charge on any atom is 0.252 e. The summed E-state index contributed by atoms with van der Waals surface area (Å²) in [6, 6.07) is 16.0. The average Bonchev–Trinajstić information content (AvgIpc) is 2.66. The number of benzene rings is 2. The summed E-state index contributed by atoms with van der Waals surface area (Å²) < 4.78 is 0. The molecule has 1 atom stereocenters. The highest BCUT2D eigenvalue weighted by atomic mass is 16.1. The highest BCUT2D eigenvalue weighted by Gasteiger charge is 2.30. The summed E-state index contributed by atoms with van der Waals surface area (Å²) in [6.07, 6.45) is 6.90. The number of rotatable bonds is 3. The molecule has 0 saturated carbocycles. The molecule has 4 rings (SSSR count). The lowest BCUT2D eigenvalue weighted by molar-refractivity contribution is 0.0899. The third-order valence-corrected chi connectivity index (χ3v) is 5.16. The van der Waals surface area contributed by atoms with Crippen molar-refractivity contribution in [2.24, 2.45) is 5.41 Å². The van der Waals surface area contributed by atoms with E-state index >= 15 is 0 Å². The molecule has 0 fully saturated rings. The quantitative estimate of drug-likeness (QED) is 0.690. The van der Waals surface area contributed by atoms with Crippen molar-refractivity contribution in [1.29, 1.82) is 0 Å². The number of pyridine rings is 1. The van der Waals surface area contributed by atoms with E-state index in [1.54, 1.807) is 6.20 Å². The molecule has 1 aromatic heterocycles. The Hall–Kier alpha value is -2.94. The molecule has 0 unspecified atom stereocenters. The van der Waals surface area contributed by atoms with E-state index in [4.69, 9.17) is 0 Å². The lowest BCUT2D eigenvalue weighted by Crippen LogP contribution is -2.37. The van der Waals surface area contributed by atoms with Crippen LogP contribution in [-0.4, -0.2) is 10.9 Å². The molecule has 1 amide bonds.